The average Bonchev–Trinajstić information content (AvgIpc) is 2.14. The number of carbonyl (C=O) groups is 1. The maximum atomic E-state index is 10.7. The Bertz CT molecular complexity index is 236. The van der Waals surface area contributed by atoms with E-state index in [1.54, 1.807) is 6.92 Å². The van der Waals surface area contributed by atoms with Crippen LogP contribution < -0.4 is 0 Å². The van der Waals surface area contributed by atoms with Gasteiger partial charge in [0, 0.05) is 5.57 Å². The van der Waals surface area contributed by atoms with E-state index in [1.807, 2.05) is 6.92 Å². The fourth-order valence-corrected chi connectivity index (χ4v) is 0.936. The van der Waals surface area contributed by atoms with Gasteiger partial charge in [0.25, 0.3) is 9.76 Å². The molecule has 0 amide bonds. The zero-order valence-electron chi connectivity index (χ0n) is 11.6. The van der Waals surface area contributed by atoms with E-state index in [2.05, 4.69) is 40.9 Å². The fourth-order valence-electron chi connectivity index (χ4n) is 0.312. The Morgan fingerprint density at radius 2 is 1.44 bits per heavy atom. The van der Waals surface area contributed by atoms with Gasteiger partial charge in [0.05, 0.1) is 0 Å². The summed E-state index contributed by atoms with van der Waals surface area (Å²) in [5.41, 5.74) is 0.453. The summed E-state index contributed by atoms with van der Waals surface area (Å²) in [5.74, 6) is 1.41. The van der Waals surface area contributed by atoms with E-state index in [-0.39, 0.29) is 5.97 Å². The molecule has 94 valence electrons. The lowest BCUT2D eigenvalue weighted by molar-refractivity contribution is -0.129. The first-order chi connectivity index (χ1) is 7.18. The third kappa shape index (κ3) is 13.2. The van der Waals surface area contributed by atoms with Gasteiger partial charge in [-0.3, -0.25) is 0 Å². The predicted molar refractivity (Wildman–Crippen MR) is 73.9 cm³/mol. The van der Waals surface area contributed by atoms with Crippen LogP contribution in [-0.4, -0.2) is 15.7 Å². The van der Waals surface area contributed by atoms with Crippen LogP contribution in [0, 0.1) is 11.8 Å². The molecule has 2 nitrogen and oxygen atoms in total. The molecule has 0 saturated heterocycles. The molecule has 0 aliphatic carbocycles. The fraction of sp³-hybridized carbons (Fsp3) is 0.615. The van der Waals surface area contributed by atoms with Gasteiger partial charge >= 0.3 is 5.97 Å². The lowest BCUT2D eigenvalue weighted by atomic mass is 10.0. The predicted octanol–water partition coefficient (Wildman–Crippen LogP) is 3.02. The number of carbonyl (C=O) groups excluding carboxylic acids is 1. The third-order valence-corrected chi connectivity index (χ3v) is 3.03. The molecule has 0 saturated carbocycles. The summed E-state index contributed by atoms with van der Waals surface area (Å²) in [7, 11) is -0.849. The molecule has 0 aromatic carbocycles. The molecule has 16 heavy (non-hydrogen) atoms. The van der Waals surface area contributed by atoms with Crippen molar-refractivity contribution in [3.8, 4) is 0 Å². The minimum atomic E-state index is -0.849. The normalized spacial score (nSPS) is 10.2. The van der Waals surface area contributed by atoms with Gasteiger partial charge in [0.2, 0.25) is 0 Å². The summed E-state index contributed by atoms with van der Waals surface area (Å²) in [6.07, 6.45) is 0. The molecule has 0 radical (unpaired) electrons. The lowest BCUT2D eigenvalue weighted by Gasteiger charge is -2.05. The van der Waals surface area contributed by atoms with Crippen molar-refractivity contribution in [2.75, 3.05) is 0 Å². The van der Waals surface area contributed by atoms with Crippen LogP contribution in [0.1, 0.15) is 41.5 Å². The maximum absolute atomic E-state index is 10.7. The van der Waals surface area contributed by atoms with Crippen molar-refractivity contribution >= 4 is 15.7 Å². The Labute approximate surface area is 103 Å². The van der Waals surface area contributed by atoms with Crippen LogP contribution >= 0.6 is 0 Å². The molecule has 0 spiro atoms. The number of hydrogen-bond donors (Lipinski definition) is 0. The van der Waals surface area contributed by atoms with Crippen molar-refractivity contribution in [1.29, 1.82) is 0 Å². The van der Waals surface area contributed by atoms with Crippen LogP contribution in [0.3, 0.4) is 0 Å². The second-order valence-corrected chi connectivity index (χ2v) is 6.59. The first-order valence-electron chi connectivity index (χ1n) is 5.65. The summed E-state index contributed by atoms with van der Waals surface area (Å²) in [6.45, 7) is 19.5. The summed E-state index contributed by atoms with van der Waals surface area (Å²) in [5, 5.41) is 0.967. The highest BCUT2D eigenvalue weighted by molar-refractivity contribution is 6.40. The van der Waals surface area contributed by atoms with Gasteiger partial charge in [0.15, 0.2) is 0 Å². The molecule has 0 aliphatic heterocycles. The highest BCUT2D eigenvalue weighted by Crippen LogP contribution is 2.05. The average molecular weight is 242 g/mol. The van der Waals surface area contributed by atoms with E-state index in [0.29, 0.717) is 5.57 Å². The van der Waals surface area contributed by atoms with Gasteiger partial charge in [-0.15, -0.1) is 6.58 Å². The van der Waals surface area contributed by atoms with Crippen LogP contribution in [0.25, 0.3) is 0 Å². The molecule has 0 atom stereocenters. The molecule has 3 heteroatoms. The highest BCUT2D eigenvalue weighted by Gasteiger charge is 2.01. The van der Waals surface area contributed by atoms with Gasteiger partial charge in [-0.05, 0) is 25.7 Å². The van der Waals surface area contributed by atoms with Crippen molar-refractivity contribution in [1.82, 2.24) is 0 Å². The van der Waals surface area contributed by atoms with Gasteiger partial charge in [0.1, 0.15) is 0 Å². The Morgan fingerprint density at radius 3 is 1.62 bits per heavy atom. The minimum Gasteiger partial charge on any atom is -0.518 e. The molecule has 0 heterocycles. The summed E-state index contributed by atoms with van der Waals surface area (Å²) >= 11 is 0. The van der Waals surface area contributed by atoms with Gasteiger partial charge in [-0.1, -0.05) is 39.5 Å². The zero-order valence-corrected chi connectivity index (χ0v) is 13.0. The first kappa shape index (κ1) is 17.6. The van der Waals surface area contributed by atoms with Gasteiger partial charge in [-0.25, -0.2) is 4.79 Å². The molecule has 0 N–H and O–H groups in total. The standard InChI is InChI=1S/C7H12O2Si.C6H14/c1-5(2)7(8)9-10-6(3)4;1-5(2)6(3)4/h1,3,10H2,2,4H3;5-6H,1-4H3. The molecule has 0 rings (SSSR count). The largest absolute Gasteiger partial charge is 0.518 e. The van der Waals surface area contributed by atoms with E-state index >= 15 is 0 Å². The maximum Gasteiger partial charge on any atom is 0.319 e. The van der Waals surface area contributed by atoms with Crippen molar-refractivity contribution in [2.24, 2.45) is 11.8 Å². The molecule has 0 aromatic rings. The van der Waals surface area contributed by atoms with Crippen LogP contribution in [0.15, 0.2) is 23.9 Å². The number of rotatable bonds is 4. The second kappa shape index (κ2) is 9.40. The van der Waals surface area contributed by atoms with E-state index in [0.717, 1.165) is 17.0 Å². The Balaban J connectivity index is 0. The Hall–Kier alpha value is -0.833. The number of hydrogen-bond acceptors (Lipinski definition) is 2. The zero-order chi connectivity index (χ0) is 13.3. The topological polar surface area (TPSA) is 26.3 Å². The molecule has 0 aromatic heterocycles. The number of allylic oxidation sites excluding steroid dienone is 1. The summed E-state index contributed by atoms with van der Waals surface area (Å²) in [4.78, 5) is 10.7. The van der Waals surface area contributed by atoms with Crippen LogP contribution in [-0.2, 0) is 9.22 Å². The monoisotopic (exact) mass is 242 g/mol. The molecule has 0 aliphatic rings. The van der Waals surface area contributed by atoms with Crippen LogP contribution in [0.2, 0.25) is 0 Å². The summed E-state index contributed by atoms with van der Waals surface area (Å²) in [6, 6.07) is 0. The Morgan fingerprint density at radius 1 is 1.06 bits per heavy atom. The Kier molecular flexibility index (Phi) is 10.3. The smallest absolute Gasteiger partial charge is 0.319 e. The second-order valence-electron chi connectivity index (χ2n) is 4.80. The molecule has 0 bridgehead atoms. The van der Waals surface area contributed by atoms with E-state index in [1.165, 1.54) is 0 Å². The van der Waals surface area contributed by atoms with Crippen LogP contribution in [0.5, 0.6) is 0 Å². The van der Waals surface area contributed by atoms with E-state index < -0.39 is 9.76 Å². The molecular weight excluding hydrogens is 216 g/mol. The van der Waals surface area contributed by atoms with Gasteiger partial charge < -0.3 is 4.43 Å². The SMILES string of the molecule is C=C(C)[SiH2]OC(=O)C(=C)C.CC(C)C(C)C. The minimum absolute atomic E-state index is 0.297. The molecule has 0 fully saturated rings. The van der Waals surface area contributed by atoms with E-state index in [4.69, 9.17) is 4.43 Å². The van der Waals surface area contributed by atoms with Gasteiger partial charge in [-0.2, -0.15) is 0 Å². The molecular formula is C13H26O2Si. The summed E-state index contributed by atoms with van der Waals surface area (Å²) < 4.78 is 4.87. The van der Waals surface area contributed by atoms with Crippen molar-refractivity contribution in [2.45, 2.75) is 41.5 Å². The van der Waals surface area contributed by atoms with Crippen molar-refractivity contribution in [3.63, 3.8) is 0 Å². The van der Waals surface area contributed by atoms with Crippen LogP contribution in [0.4, 0.5) is 0 Å². The quantitative estimate of drug-likeness (QED) is 0.559. The first-order valence-corrected chi connectivity index (χ1v) is 6.93. The third-order valence-electron chi connectivity index (χ3n) is 2.13. The van der Waals surface area contributed by atoms with Crippen molar-refractivity contribution in [3.05, 3.63) is 23.9 Å². The lowest BCUT2D eigenvalue weighted by Crippen LogP contribution is -2.09. The highest BCUT2D eigenvalue weighted by atomic mass is 28.2. The molecule has 0 unspecified atom stereocenters. The van der Waals surface area contributed by atoms with Crippen molar-refractivity contribution < 1.29 is 9.22 Å². The van der Waals surface area contributed by atoms with E-state index in [9.17, 15) is 4.79 Å².